The average molecular weight is 525 g/mol. The maximum atomic E-state index is 12.5. The molecule has 1 amide bonds. The summed E-state index contributed by atoms with van der Waals surface area (Å²) >= 11 is 1.85. The highest BCUT2D eigenvalue weighted by Crippen LogP contribution is 2.45. The van der Waals surface area contributed by atoms with Crippen LogP contribution in [-0.4, -0.2) is 53.0 Å². The normalized spacial score (nSPS) is 17.7. The lowest BCUT2D eigenvalue weighted by Gasteiger charge is -2.33. The van der Waals surface area contributed by atoms with Crippen LogP contribution in [0.1, 0.15) is 87.9 Å². The van der Waals surface area contributed by atoms with Crippen LogP contribution in [0.3, 0.4) is 0 Å². The van der Waals surface area contributed by atoms with E-state index in [0.717, 1.165) is 37.2 Å². The van der Waals surface area contributed by atoms with Crippen LogP contribution in [0, 0.1) is 6.92 Å². The van der Waals surface area contributed by atoms with Crippen LogP contribution in [0.4, 0.5) is 4.79 Å². The van der Waals surface area contributed by atoms with Gasteiger partial charge in [-0.3, -0.25) is 0 Å². The fourth-order valence-electron chi connectivity index (χ4n) is 5.22. The Morgan fingerprint density at radius 2 is 1.97 bits per heavy atom. The topological polar surface area (TPSA) is 70.2 Å². The Labute approximate surface area is 224 Å². The second-order valence-corrected chi connectivity index (χ2v) is 12.1. The molecule has 0 aromatic carbocycles. The molecule has 1 fully saturated rings. The van der Waals surface area contributed by atoms with Crippen LogP contribution in [0.2, 0.25) is 0 Å². The number of thiophene rings is 1. The van der Waals surface area contributed by atoms with Crippen LogP contribution in [0.5, 0.6) is 0 Å². The van der Waals surface area contributed by atoms with E-state index in [0.29, 0.717) is 23.3 Å². The van der Waals surface area contributed by atoms with Crippen LogP contribution < -0.4 is 0 Å². The predicted molar refractivity (Wildman–Crippen MR) is 153 cm³/mol. The molecule has 1 N–H and O–H groups in total. The summed E-state index contributed by atoms with van der Waals surface area (Å²) in [5.74, 6) is 1.47. The first-order chi connectivity index (χ1) is 17.4. The summed E-state index contributed by atoms with van der Waals surface area (Å²) in [4.78, 5) is 20.7. The van der Waals surface area contributed by atoms with Gasteiger partial charge in [-0.1, -0.05) is 20.4 Å². The van der Waals surface area contributed by atoms with E-state index in [4.69, 9.17) is 9.47 Å². The molecule has 4 heterocycles. The number of carbonyl (C=O) groups excluding carboxylic acids is 1. The van der Waals surface area contributed by atoms with Gasteiger partial charge in [0.2, 0.25) is 0 Å². The Kier molecular flexibility index (Phi) is 7.60. The molecule has 200 valence electrons. The van der Waals surface area contributed by atoms with E-state index in [1.807, 2.05) is 56.2 Å². The highest BCUT2D eigenvalue weighted by atomic mass is 32.1. The molecule has 4 rings (SSSR count). The number of aromatic amines is 1. The van der Waals surface area contributed by atoms with Gasteiger partial charge in [-0.15, -0.1) is 11.3 Å². The lowest BCUT2D eigenvalue weighted by atomic mass is 9.90. The van der Waals surface area contributed by atoms with Crippen molar-refractivity contribution in [1.29, 1.82) is 0 Å². The zero-order valence-electron chi connectivity index (χ0n) is 23.4. The third-order valence-electron chi connectivity index (χ3n) is 6.91. The van der Waals surface area contributed by atoms with Crippen molar-refractivity contribution in [3.8, 4) is 0 Å². The van der Waals surface area contributed by atoms with Gasteiger partial charge in [-0.25, -0.2) is 9.80 Å². The number of fused-ring (bicyclic) bond motifs is 1. The number of nitrogens with one attached hydrogen (secondary N) is 1. The number of carbonyl (C=O) groups is 1. The monoisotopic (exact) mass is 524 g/mol. The van der Waals surface area contributed by atoms with Crippen molar-refractivity contribution >= 4 is 39.4 Å². The zero-order chi connectivity index (χ0) is 27.1. The van der Waals surface area contributed by atoms with Crippen molar-refractivity contribution in [1.82, 2.24) is 14.9 Å². The standard InChI is InChI=1S/C29H40N4O3S/c1-10-30-33-16-21(15-22(35-9)19(33)5)25-23(17(2)3)24-18(4)26(37-27(24)31-25)20-11-13-32(14-12-20)28(34)36-29(6,7)8/h10,15-17,20,31H,5,11-14H2,1-4,6-9H3/b30-10-. The van der Waals surface area contributed by atoms with Gasteiger partial charge in [0.05, 0.1) is 18.5 Å². The van der Waals surface area contributed by atoms with E-state index >= 15 is 0 Å². The Morgan fingerprint density at radius 3 is 2.54 bits per heavy atom. The van der Waals surface area contributed by atoms with Crippen LogP contribution in [0.25, 0.3) is 15.8 Å². The number of hydrazone groups is 1. The molecule has 2 aromatic heterocycles. The summed E-state index contributed by atoms with van der Waals surface area (Å²) in [6, 6.07) is 0. The molecular formula is C29H40N4O3S. The van der Waals surface area contributed by atoms with Gasteiger partial charge in [-0.2, -0.15) is 5.10 Å². The first kappa shape index (κ1) is 27.0. The number of piperidine rings is 1. The fourth-order valence-corrected chi connectivity index (χ4v) is 6.62. The van der Waals surface area contributed by atoms with Crippen molar-refractivity contribution in [2.45, 2.75) is 78.7 Å². The van der Waals surface area contributed by atoms with Crippen molar-refractivity contribution in [3.63, 3.8) is 0 Å². The minimum absolute atomic E-state index is 0.207. The van der Waals surface area contributed by atoms with Crippen LogP contribution in [-0.2, 0) is 9.47 Å². The van der Waals surface area contributed by atoms with Gasteiger partial charge in [0.25, 0.3) is 0 Å². The van der Waals surface area contributed by atoms with Crippen molar-refractivity contribution in [2.24, 2.45) is 5.10 Å². The Bertz CT molecular complexity index is 1280. The molecule has 2 aliphatic heterocycles. The van der Waals surface area contributed by atoms with Crippen molar-refractivity contribution < 1.29 is 14.3 Å². The minimum atomic E-state index is -0.470. The number of hydrogen-bond donors (Lipinski definition) is 1. The van der Waals surface area contributed by atoms with E-state index in [1.54, 1.807) is 18.3 Å². The second kappa shape index (κ2) is 10.4. The molecule has 0 radical (unpaired) electrons. The summed E-state index contributed by atoms with van der Waals surface area (Å²) in [5, 5.41) is 7.54. The van der Waals surface area contributed by atoms with Gasteiger partial charge in [0.1, 0.15) is 16.2 Å². The Balaban J connectivity index is 1.65. The number of amides is 1. The molecule has 2 aromatic rings. The molecule has 37 heavy (non-hydrogen) atoms. The number of ether oxygens (including phenoxy) is 2. The maximum Gasteiger partial charge on any atom is 0.410 e. The average Bonchev–Trinajstić information content (AvgIpc) is 3.36. The van der Waals surface area contributed by atoms with Gasteiger partial charge in [-0.05, 0) is 76.5 Å². The van der Waals surface area contributed by atoms with Gasteiger partial charge in [0, 0.05) is 41.3 Å². The van der Waals surface area contributed by atoms with Crippen LogP contribution >= 0.6 is 11.3 Å². The summed E-state index contributed by atoms with van der Waals surface area (Å²) in [6.45, 7) is 19.9. The van der Waals surface area contributed by atoms with Gasteiger partial charge in [0.15, 0.2) is 0 Å². The first-order valence-corrected chi connectivity index (χ1v) is 13.8. The fraction of sp³-hybridized carbons (Fsp3) is 0.517. The number of hydrogen-bond acceptors (Lipinski definition) is 6. The summed E-state index contributed by atoms with van der Waals surface area (Å²) < 4.78 is 11.2. The number of H-pyrrole nitrogens is 1. The molecule has 0 bridgehead atoms. The molecular weight excluding hydrogens is 484 g/mol. The molecule has 1 saturated heterocycles. The van der Waals surface area contributed by atoms with E-state index in [-0.39, 0.29) is 6.09 Å². The number of nitrogens with zero attached hydrogens (tertiary/aromatic N) is 3. The summed E-state index contributed by atoms with van der Waals surface area (Å²) in [5.41, 5.74) is 5.02. The van der Waals surface area contributed by atoms with E-state index in [9.17, 15) is 4.79 Å². The number of aryl methyl sites for hydroxylation is 1. The summed E-state index contributed by atoms with van der Waals surface area (Å²) in [6.07, 6.45) is 7.48. The maximum absolute atomic E-state index is 12.5. The molecule has 0 saturated carbocycles. The quantitative estimate of drug-likeness (QED) is 0.412. The third kappa shape index (κ3) is 5.35. The Morgan fingerprint density at radius 1 is 1.30 bits per heavy atom. The van der Waals surface area contributed by atoms with E-state index in [1.165, 1.54) is 26.2 Å². The highest BCUT2D eigenvalue weighted by molar-refractivity contribution is 7.19. The number of methoxy groups -OCH3 is 1. The molecule has 0 aliphatic carbocycles. The second-order valence-electron chi connectivity index (χ2n) is 11.1. The molecule has 8 heteroatoms. The predicted octanol–water partition coefficient (Wildman–Crippen LogP) is 7.48. The van der Waals surface area contributed by atoms with E-state index < -0.39 is 5.60 Å². The highest BCUT2D eigenvalue weighted by Gasteiger charge is 2.31. The number of allylic oxidation sites excluding steroid dienone is 2. The molecule has 2 aliphatic rings. The molecule has 0 atom stereocenters. The minimum Gasteiger partial charge on any atom is -0.494 e. The summed E-state index contributed by atoms with van der Waals surface area (Å²) in [7, 11) is 1.66. The number of rotatable bonds is 5. The molecule has 0 spiro atoms. The number of aromatic nitrogens is 1. The molecule has 0 unspecified atom stereocenters. The lowest BCUT2D eigenvalue weighted by molar-refractivity contribution is 0.0205. The molecule has 7 nitrogen and oxygen atoms in total. The van der Waals surface area contributed by atoms with Crippen molar-refractivity contribution in [3.05, 3.63) is 52.0 Å². The first-order valence-electron chi connectivity index (χ1n) is 13.0. The van der Waals surface area contributed by atoms with Gasteiger partial charge < -0.3 is 19.4 Å². The SMILES string of the molecule is C=C1C(OC)=CC(c2[nH]c3sc(C4CCN(C(=O)OC(C)(C)C)CC4)c(C)c3c2C(C)C)=CN1/N=C\C. The smallest absolute Gasteiger partial charge is 0.410 e. The van der Waals surface area contributed by atoms with Crippen molar-refractivity contribution in [2.75, 3.05) is 20.2 Å². The lowest BCUT2D eigenvalue weighted by Crippen LogP contribution is -2.41. The zero-order valence-corrected chi connectivity index (χ0v) is 24.2. The largest absolute Gasteiger partial charge is 0.494 e. The van der Waals surface area contributed by atoms with Crippen LogP contribution in [0.15, 0.2) is 35.4 Å². The van der Waals surface area contributed by atoms with E-state index in [2.05, 4.69) is 37.4 Å². The third-order valence-corrected chi connectivity index (χ3v) is 8.28. The number of likely N-dealkylation sites (tertiary alicyclic amines) is 1. The Hall–Kier alpha value is -3.00. The van der Waals surface area contributed by atoms with Gasteiger partial charge >= 0.3 is 6.09 Å².